The number of benzene rings is 1. The van der Waals surface area contributed by atoms with E-state index in [1.165, 1.54) is 5.56 Å². The zero-order valence-electron chi connectivity index (χ0n) is 15.0. The highest BCUT2D eigenvalue weighted by molar-refractivity contribution is 5.68. The number of ether oxygens (including phenoxy) is 2. The van der Waals surface area contributed by atoms with Crippen molar-refractivity contribution in [1.29, 1.82) is 0 Å². The number of amides is 1. The minimum Gasteiger partial charge on any atom is -0.473 e. The maximum Gasteiger partial charge on any atom is 0.410 e. The van der Waals surface area contributed by atoms with Crippen LogP contribution >= 0.6 is 0 Å². The lowest BCUT2D eigenvalue weighted by atomic mass is 10.0. The molecule has 0 aliphatic carbocycles. The third kappa shape index (κ3) is 4.72. The molecule has 2 heterocycles. The van der Waals surface area contributed by atoms with Gasteiger partial charge in [0, 0.05) is 18.8 Å². The predicted molar refractivity (Wildman–Crippen MR) is 95.4 cm³/mol. The van der Waals surface area contributed by atoms with E-state index >= 15 is 0 Å². The summed E-state index contributed by atoms with van der Waals surface area (Å²) in [6.07, 6.45) is 2.30. The Labute approximate surface area is 148 Å². The summed E-state index contributed by atoms with van der Waals surface area (Å²) in [4.78, 5) is 18.3. The van der Waals surface area contributed by atoms with E-state index in [0.717, 1.165) is 17.5 Å². The molecule has 2 aromatic rings. The molecule has 0 N–H and O–H groups in total. The second-order valence-corrected chi connectivity index (χ2v) is 7.22. The lowest BCUT2D eigenvalue weighted by molar-refractivity contribution is 0.0223. The summed E-state index contributed by atoms with van der Waals surface area (Å²) >= 11 is 0. The molecule has 0 radical (unpaired) electrons. The van der Waals surface area contributed by atoms with Crippen molar-refractivity contribution in [3.05, 3.63) is 59.3 Å². The molecule has 0 saturated carbocycles. The summed E-state index contributed by atoms with van der Waals surface area (Å²) in [5.74, 6) is 0.619. The molecule has 1 aliphatic rings. The fourth-order valence-electron chi connectivity index (χ4n) is 2.71. The highest BCUT2D eigenvalue weighted by Crippen LogP contribution is 2.23. The first-order chi connectivity index (χ1) is 11.9. The molecule has 0 fully saturated rings. The van der Waals surface area contributed by atoms with Crippen LogP contribution in [0.3, 0.4) is 0 Å². The molecule has 0 saturated heterocycles. The molecule has 1 aliphatic heterocycles. The van der Waals surface area contributed by atoms with Crippen molar-refractivity contribution in [1.82, 2.24) is 9.88 Å². The van der Waals surface area contributed by atoms with Crippen LogP contribution in [0.5, 0.6) is 5.88 Å². The van der Waals surface area contributed by atoms with Crippen LogP contribution < -0.4 is 4.74 Å². The molecule has 0 spiro atoms. The summed E-state index contributed by atoms with van der Waals surface area (Å²) in [5, 5.41) is 0. The molecular weight excluding hydrogens is 316 g/mol. The zero-order valence-corrected chi connectivity index (χ0v) is 15.0. The van der Waals surface area contributed by atoms with Crippen molar-refractivity contribution in [3.8, 4) is 5.88 Å². The molecule has 1 amide bonds. The van der Waals surface area contributed by atoms with Crippen LogP contribution in [-0.2, 0) is 24.3 Å². The van der Waals surface area contributed by atoms with Gasteiger partial charge in [-0.1, -0.05) is 30.3 Å². The monoisotopic (exact) mass is 340 g/mol. The highest BCUT2D eigenvalue weighted by Gasteiger charge is 2.26. The number of fused-ring (bicyclic) bond motifs is 1. The van der Waals surface area contributed by atoms with Gasteiger partial charge in [0.2, 0.25) is 5.88 Å². The average Bonchev–Trinajstić information content (AvgIpc) is 2.59. The van der Waals surface area contributed by atoms with E-state index in [1.807, 2.05) is 57.2 Å². The van der Waals surface area contributed by atoms with Crippen molar-refractivity contribution in [3.63, 3.8) is 0 Å². The standard InChI is InChI=1S/C20H24N2O3/c1-20(2,3)25-19(23)22-10-9-16-11-18(21-12-17(16)13-22)24-14-15-7-5-4-6-8-15/h4-8,11-12H,9-10,13-14H2,1-3H3. The van der Waals surface area contributed by atoms with E-state index in [4.69, 9.17) is 9.47 Å². The fourth-order valence-corrected chi connectivity index (χ4v) is 2.71. The third-order valence-corrected chi connectivity index (χ3v) is 3.95. The molecule has 25 heavy (non-hydrogen) atoms. The largest absolute Gasteiger partial charge is 0.473 e. The van der Waals surface area contributed by atoms with Crippen LogP contribution in [0.25, 0.3) is 0 Å². The summed E-state index contributed by atoms with van der Waals surface area (Å²) in [6.45, 7) is 7.29. The molecule has 5 nitrogen and oxygen atoms in total. The van der Waals surface area contributed by atoms with Gasteiger partial charge in [0.15, 0.2) is 0 Å². The summed E-state index contributed by atoms with van der Waals surface area (Å²) < 4.78 is 11.2. The Morgan fingerprint density at radius 1 is 1.20 bits per heavy atom. The van der Waals surface area contributed by atoms with Gasteiger partial charge in [-0.3, -0.25) is 0 Å². The van der Waals surface area contributed by atoms with E-state index in [1.54, 1.807) is 11.1 Å². The minimum absolute atomic E-state index is 0.275. The highest BCUT2D eigenvalue weighted by atomic mass is 16.6. The van der Waals surface area contributed by atoms with Crippen LogP contribution in [0.4, 0.5) is 4.79 Å². The van der Waals surface area contributed by atoms with Gasteiger partial charge < -0.3 is 14.4 Å². The van der Waals surface area contributed by atoms with Crippen molar-refractivity contribution in [2.24, 2.45) is 0 Å². The number of carbonyl (C=O) groups excluding carboxylic acids is 1. The van der Waals surface area contributed by atoms with Gasteiger partial charge in [0.25, 0.3) is 0 Å². The van der Waals surface area contributed by atoms with E-state index in [-0.39, 0.29) is 6.09 Å². The molecule has 1 aromatic carbocycles. The first kappa shape index (κ1) is 17.3. The first-order valence-corrected chi connectivity index (χ1v) is 8.53. The van der Waals surface area contributed by atoms with E-state index in [2.05, 4.69) is 4.98 Å². The zero-order chi connectivity index (χ0) is 17.9. The van der Waals surface area contributed by atoms with Crippen LogP contribution in [0.15, 0.2) is 42.6 Å². The summed E-state index contributed by atoms with van der Waals surface area (Å²) in [6, 6.07) is 12.0. The number of hydrogen-bond donors (Lipinski definition) is 0. The van der Waals surface area contributed by atoms with Crippen molar-refractivity contribution in [2.45, 2.75) is 45.9 Å². The van der Waals surface area contributed by atoms with E-state index < -0.39 is 5.60 Å². The molecular formula is C20H24N2O3. The Balaban J connectivity index is 1.62. The van der Waals surface area contributed by atoms with Gasteiger partial charge in [-0.05, 0) is 43.9 Å². The van der Waals surface area contributed by atoms with Gasteiger partial charge in [-0.15, -0.1) is 0 Å². The smallest absolute Gasteiger partial charge is 0.410 e. The normalized spacial score (nSPS) is 14.0. The summed E-state index contributed by atoms with van der Waals surface area (Å²) in [5.41, 5.74) is 2.85. The Bertz CT molecular complexity index is 738. The number of rotatable bonds is 3. The maximum atomic E-state index is 12.2. The van der Waals surface area contributed by atoms with Crippen LogP contribution in [0.1, 0.15) is 37.5 Å². The second kappa shape index (κ2) is 7.13. The molecule has 0 bridgehead atoms. The van der Waals surface area contributed by atoms with Gasteiger partial charge in [0.1, 0.15) is 12.2 Å². The van der Waals surface area contributed by atoms with Gasteiger partial charge >= 0.3 is 6.09 Å². The fraction of sp³-hybridized carbons (Fsp3) is 0.400. The number of aromatic nitrogens is 1. The Morgan fingerprint density at radius 3 is 2.68 bits per heavy atom. The predicted octanol–water partition coefficient (Wildman–Crippen LogP) is 3.95. The van der Waals surface area contributed by atoms with E-state index in [9.17, 15) is 4.79 Å². The first-order valence-electron chi connectivity index (χ1n) is 8.53. The van der Waals surface area contributed by atoms with Gasteiger partial charge in [-0.25, -0.2) is 9.78 Å². The lowest BCUT2D eigenvalue weighted by Crippen LogP contribution is -2.39. The lowest BCUT2D eigenvalue weighted by Gasteiger charge is -2.31. The Morgan fingerprint density at radius 2 is 1.96 bits per heavy atom. The quantitative estimate of drug-likeness (QED) is 0.849. The molecule has 0 atom stereocenters. The van der Waals surface area contributed by atoms with Crippen LogP contribution in [0.2, 0.25) is 0 Å². The Kier molecular flexibility index (Phi) is 4.93. The number of nitrogens with zero attached hydrogens (tertiary/aromatic N) is 2. The topological polar surface area (TPSA) is 51.7 Å². The molecule has 5 heteroatoms. The molecule has 3 rings (SSSR count). The second-order valence-electron chi connectivity index (χ2n) is 7.22. The third-order valence-electron chi connectivity index (χ3n) is 3.95. The van der Waals surface area contributed by atoms with Gasteiger partial charge in [0.05, 0.1) is 6.54 Å². The SMILES string of the molecule is CC(C)(C)OC(=O)N1CCc2cc(OCc3ccccc3)ncc2C1. The number of pyridine rings is 1. The van der Waals surface area contributed by atoms with Crippen LogP contribution in [-0.4, -0.2) is 28.1 Å². The van der Waals surface area contributed by atoms with Crippen molar-refractivity contribution < 1.29 is 14.3 Å². The minimum atomic E-state index is -0.481. The van der Waals surface area contributed by atoms with Crippen molar-refractivity contribution >= 4 is 6.09 Å². The average molecular weight is 340 g/mol. The van der Waals surface area contributed by atoms with E-state index in [0.29, 0.717) is 25.6 Å². The molecule has 1 aromatic heterocycles. The maximum absolute atomic E-state index is 12.2. The number of hydrogen-bond acceptors (Lipinski definition) is 4. The van der Waals surface area contributed by atoms with Crippen LogP contribution in [0, 0.1) is 0 Å². The van der Waals surface area contributed by atoms with Gasteiger partial charge in [-0.2, -0.15) is 0 Å². The molecule has 0 unspecified atom stereocenters. The Hall–Kier alpha value is -2.56. The van der Waals surface area contributed by atoms with Crippen molar-refractivity contribution in [2.75, 3.05) is 6.54 Å². The molecule has 132 valence electrons. The summed E-state index contributed by atoms with van der Waals surface area (Å²) in [7, 11) is 0. The number of carbonyl (C=O) groups is 1.